The lowest BCUT2D eigenvalue weighted by Crippen LogP contribution is -2.33. The van der Waals surface area contributed by atoms with Crippen LogP contribution in [0.25, 0.3) is 0 Å². The molecule has 36 valence electrons. The van der Waals surface area contributed by atoms with Crippen LogP contribution in [0.15, 0.2) is 0 Å². The first-order valence-electron chi connectivity index (χ1n) is 2.04. The number of hydrogen-bond acceptors (Lipinski definition) is 1. The maximum atomic E-state index is 5.52. The summed E-state index contributed by atoms with van der Waals surface area (Å²) in [4.78, 5) is 0. The molecule has 0 fully saturated rings. The van der Waals surface area contributed by atoms with Crippen LogP contribution in [0.3, 0.4) is 0 Å². The molecule has 6 heavy (non-hydrogen) atoms. The van der Waals surface area contributed by atoms with Crippen LogP contribution in [0.5, 0.6) is 0 Å². The fourth-order valence-corrected chi connectivity index (χ4v) is 0. The van der Waals surface area contributed by atoms with Crippen molar-refractivity contribution >= 4 is 29.9 Å². The van der Waals surface area contributed by atoms with E-state index >= 15 is 0 Å². The largest absolute Gasteiger partial charge is 0.324 e. The van der Waals surface area contributed by atoms with E-state index in [9.17, 15) is 0 Å². The minimum Gasteiger partial charge on any atom is -0.324 e. The van der Waals surface area contributed by atoms with E-state index < -0.39 is 0 Å². The average Bonchev–Trinajstić information content (AvgIpc) is 1.35. The Kier molecular flexibility index (Phi) is 2.44. The first-order chi connectivity index (χ1) is 2.56. The van der Waals surface area contributed by atoms with E-state index in [2.05, 4.69) is 29.4 Å². The van der Waals surface area contributed by atoms with Gasteiger partial charge in [-0.1, -0.05) is 29.4 Å². The third-order valence-corrected chi connectivity index (χ3v) is 1.45. The van der Waals surface area contributed by atoms with E-state index in [1.54, 1.807) is 0 Å². The summed E-state index contributed by atoms with van der Waals surface area (Å²) in [5.41, 5.74) is 5.52. The van der Waals surface area contributed by atoms with Gasteiger partial charge in [-0.3, -0.25) is 0 Å². The third kappa shape index (κ3) is 4.75. The SMILES string of the molecule is CB[C@@](C)(N)I. The number of alkyl halides is 1. The van der Waals surface area contributed by atoms with Gasteiger partial charge >= 0.3 is 0 Å². The van der Waals surface area contributed by atoms with E-state index in [-0.39, 0.29) is 3.45 Å². The minimum absolute atomic E-state index is 0.0117. The van der Waals surface area contributed by atoms with Gasteiger partial charge in [0.1, 0.15) is 0 Å². The molecule has 0 saturated carbocycles. The molecule has 0 heterocycles. The molecule has 0 saturated heterocycles. The molecule has 0 aliphatic rings. The Bertz CT molecular complexity index is 40.5. The van der Waals surface area contributed by atoms with Crippen molar-refractivity contribution in [2.75, 3.05) is 0 Å². The summed E-state index contributed by atoms with van der Waals surface area (Å²) in [5, 5.41) is 0. The molecule has 0 aromatic heterocycles. The molecule has 0 aromatic rings. The van der Waals surface area contributed by atoms with Crippen LogP contribution in [0, 0.1) is 0 Å². The lowest BCUT2D eigenvalue weighted by molar-refractivity contribution is 0.980. The highest BCUT2D eigenvalue weighted by Crippen LogP contribution is 2.05. The van der Waals surface area contributed by atoms with Crippen molar-refractivity contribution in [1.82, 2.24) is 0 Å². The predicted molar refractivity (Wildman–Crippen MR) is 39.6 cm³/mol. The molecule has 0 unspecified atom stereocenters. The minimum atomic E-state index is 0.0117. The quantitative estimate of drug-likeness (QED) is 0.282. The Morgan fingerprint density at radius 2 is 2.00 bits per heavy atom. The first kappa shape index (κ1) is 6.75. The van der Waals surface area contributed by atoms with E-state index in [0.717, 1.165) is 7.28 Å². The molecule has 0 aromatic carbocycles. The molecule has 0 spiro atoms. The fraction of sp³-hybridized carbons (Fsp3) is 1.00. The van der Waals surface area contributed by atoms with Gasteiger partial charge in [0.05, 0.1) is 0 Å². The van der Waals surface area contributed by atoms with Crippen molar-refractivity contribution in [1.29, 1.82) is 0 Å². The van der Waals surface area contributed by atoms with Gasteiger partial charge in [0.2, 0.25) is 0 Å². The normalized spacial score (nSPS) is 19.3. The summed E-state index contributed by atoms with van der Waals surface area (Å²) in [6, 6.07) is 0. The van der Waals surface area contributed by atoms with Crippen molar-refractivity contribution in [2.45, 2.75) is 17.2 Å². The highest BCUT2D eigenvalue weighted by Gasteiger charge is 2.08. The Morgan fingerprint density at radius 3 is 2.00 bits per heavy atom. The number of rotatable bonds is 1. The molecular formula is C3H9BIN. The van der Waals surface area contributed by atoms with Crippen molar-refractivity contribution in [3.8, 4) is 0 Å². The summed E-state index contributed by atoms with van der Waals surface area (Å²) >= 11 is 2.22. The molecule has 0 bridgehead atoms. The highest BCUT2D eigenvalue weighted by atomic mass is 127. The molecule has 1 atom stereocenters. The molecule has 0 aliphatic heterocycles. The first-order valence-corrected chi connectivity index (χ1v) is 3.12. The van der Waals surface area contributed by atoms with E-state index in [1.165, 1.54) is 0 Å². The van der Waals surface area contributed by atoms with Crippen LogP contribution in [-0.4, -0.2) is 10.7 Å². The molecule has 0 radical (unpaired) electrons. The lowest BCUT2D eigenvalue weighted by Gasteiger charge is -2.09. The third-order valence-electron chi connectivity index (χ3n) is 0.691. The second-order valence-corrected chi connectivity index (χ2v) is 4.10. The highest BCUT2D eigenvalue weighted by molar-refractivity contribution is 14.1. The molecule has 1 nitrogen and oxygen atoms in total. The zero-order valence-electron chi connectivity index (χ0n) is 4.16. The average molecular weight is 197 g/mol. The van der Waals surface area contributed by atoms with Crippen LogP contribution in [0.2, 0.25) is 6.82 Å². The number of hydrogen-bond donors (Lipinski definition) is 1. The molecule has 0 aliphatic carbocycles. The lowest BCUT2D eigenvalue weighted by atomic mass is 9.74. The van der Waals surface area contributed by atoms with Crippen LogP contribution in [0.1, 0.15) is 6.92 Å². The topological polar surface area (TPSA) is 26.0 Å². The number of nitrogens with two attached hydrogens (primary N) is 1. The van der Waals surface area contributed by atoms with Crippen LogP contribution in [-0.2, 0) is 0 Å². The van der Waals surface area contributed by atoms with Gasteiger partial charge in [-0.25, -0.2) is 0 Å². The Morgan fingerprint density at radius 1 is 1.83 bits per heavy atom. The number of halogens is 1. The van der Waals surface area contributed by atoms with Gasteiger partial charge in [-0.05, 0) is 6.92 Å². The van der Waals surface area contributed by atoms with Gasteiger partial charge in [0, 0.05) is 3.45 Å². The van der Waals surface area contributed by atoms with Crippen molar-refractivity contribution in [2.24, 2.45) is 5.73 Å². The van der Waals surface area contributed by atoms with Gasteiger partial charge < -0.3 is 5.73 Å². The van der Waals surface area contributed by atoms with Gasteiger partial charge in [-0.15, -0.1) is 0 Å². The zero-order valence-corrected chi connectivity index (χ0v) is 6.32. The summed E-state index contributed by atoms with van der Waals surface area (Å²) in [6.45, 7) is 4.08. The van der Waals surface area contributed by atoms with Crippen molar-refractivity contribution in [3.05, 3.63) is 0 Å². The van der Waals surface area contributed by atoms with Crippen molar-refractivity contribution in [3.63, 3.8) is 0 Å². The summed E-state index contributed by atoms with van der Waals surface area (Å²) in [5.74, 6) is 0. The molecule has 2 N–H and O–H groups in total. The summed E-state index contributed by atoms with van der Waals surface area (Å²) in [6.07, 6.45) is 0. The summed E-state index contributed by atoms with van der Waals surface area (Å²) < 4.78 is 0.0117. The molecular weight excluding hydrogens is 188 g/mol. The van der Waals surface area contributed by atoms with E-state index in [1.807, 2.05) is 6.92 Å². The van der Waals surface area contributed by atoms with Gasteiger partial charge in [0.15, 0.2) is 7.28 Å². The van der Waals surface area contributed by atoms with Crippen LogP contribution < -0.4 is 5.73 Å². The van der Waals surface area contributed by atoms with Crippen LogP contribution in [0.4, 0.5) is 0 Å². The molecule has 3 heteroatoms. The Hall–Kier alpha value is 0.755. The van der Waals surface area contributed by atoms with Crippen molar-refractivity contribution < 1.29 is 0 Å². The fourth-order valence-electron chi connectivity index (χ4n) is 0. The van der Waals surface area contributed by atoms with E-state index in [4.69, 9.17) is 5.73 Å². The zero-order chi connectivity index (χ0) is 5.21. The van der Waals surface area contributed by atoms with Gasteiger partial charge in [0.25, 0.3) is 0 Å². The van der Waals surface area contributed by atoms with Gasteiger partial charge in [-0.2, -0.15) is 0 Å². The Labute approximate surface area is 53.1 Å². The monoisotopic (exact) mass is 197 g/mol. The Balaban J connectivity index is 3.17. The second-order valence-electron chi connectivity index (χ2n) is 1.63. The maximum Gasteiger partial charge on any atom is 0.155 e. The molecule has 0 amide bonds. The van der Waals surface area contributed by atoms with E-state index in [0.29, 0.717) is 0 Å². The summed E-state index contributed by atoms with van der Waals surface area (Å²) in [7, 11) is 1.04. The standard InChI is InChI=1S/C3H9BIN/c1-3(5,6)4-2/h4H,6H2,1-2H3/t3-/m1/s1. The van der Waals surface area contributed by atoms with Crippen LogP contribution >= 0.6 is 22.6 Å². The maximum absolute atomic E-state index is 5.52. The predicted octanol–water partition coefficient (Wildman–Crippen LogP) is 0.538. The second kappa shape index (κ2) is 2.16. The molecule has 0 rings (SSSR count). The smallest absolute Gasteiger partial charge is 0.155 e.